The van der Waals surface area contributed by atoms with Crippen molar-refractivity contribution in [2.75, 3.05) is 17.2 Å². The van der Waals surface area contributed by atoms with Crippen LogP contribution in [0.3, 0.4) is 0 Å². The fraction of sp³-hybridized carbons (Fsp3) is 0.667. The van der Waals surface area contributed by atoms with E-state index in [-0.39, 0.29) is 6.10 Å². The number of nitrogens with one attached hydrogen (secondary N) is 2. The molecule has 114 valence electrons. The van der Waals surface area contributed by atoms with E-state index >= 15 is 0 Å². The minimum absolute atomic E-state index is 0.173. The zero-order chi connectivity index (χ0) is 15.2. The largest absolute Gasteiger partial charge is 0.393 e. The Hall–Kier alpha value is -1.87. The summed E-state index contributed by atoms with van der Waals surface area (Å²) in [4.78, 5) is 8.61. The predicted octanol–water partition coefficient (Wildman–Crippen LogP) is 2.13. The number of hydrogen-bond acceptors (Lipinski definition) is 6. The number of hydrogen-bond donors (Lipinski definition) is 3. The predicted molar refractivity (Wildman–Crippen MR) is 82.0 cm³/mol. The number of nitriles is 1. The molecular weight excluding hydrogens is 266 g/mol. The van der Waals surface area contributed by atoms with Crippen molar-refractivity contribution < 1.29 is 5.11 Å². The SMILES string of the molecule is CC(C)CNc1nc(N[C@H]2CC[C@H](O)CC2)ncc1C#N. The third-order valence-corrected chi connectivity index (χ3v) is 3.62. The quantitative estimate of drug-likeness (QED) is 0.769. The van der Waals surface area contributed by atoms with Gasteiger partial charge in [0.2, 0.25) is 5.95 Å². The molecule has 0 bridgehead atoms. The van der Waals surface area contributed by atoms with E-state index in [1.54, 1.807) is 6.20 Å². The fourth-order valence-corrected chi connectivity index (χ4v) is 2.37. The number of anilines is 2. The molecule has 0 spiro atoms. The van der Waals surface area contributed by atoms with Crippen LogP contribution in [0.4, 0.5) is 11.8 Å². The molecule has 1 heterocycles. The van der Waals surface area contributed by atoms with Gasteiger partial charge in [0.05, 0.1) is 12.3 Å². The molecule has 1 aliphatic rings. The Kier molecular flexibility index (Phi) is 5.34. The van der Waals surface area contributed by atoms with Crippen molar-refractivity contribution in [3.8, 4) is 6.07 Å². The number of aromatic nitrogens is 2. The highest BCUT2D eigenvalue weighted by Crippen LogP contribution is 2.22. The second kappa shape index (κ2) is 7.23. The molecular formula is C15H23N5O. The molecule has 0 amide bonds. The van der Waals surface area contributed by atoms with Crippen LogP contribution in [0.15, 0.2) is 6.20 Å². The lowest BCUT2D eigenvalue weighted by Gasteiger charge is -2.26. The van der Waals surface area contributed by atoms with E-state index in [1.807, 2.05) is 0 Å². The van der Waals surface area contributed by atoms with Gasteiger partial charge in [-0.1, -0.05) is 13.8 Å². The second-order valence-electron chi connectivity index (χ2n) is 5.99. The van der Waals surface area contributed by atoms with E-state index in [0.717, 1.165) is 32.2 Å². The lowest BCUT2D eigenvalue weighted by atomic mass is 9.93. The van der Waals surface area contributed by atoms with Crippen LogP contribution in [0.25, 0.3) is 0 Å². The number of nitrogens with zero attached hydrogens (tertiary/aromatic N) is 3. The molecule has 0 radical (unpaired) electrons. The van der Waals surface area contributed by atoms with E-state index < -0.39 is 0 Å². The first-order valence-electron chi connectivity index (χ1n) is 7.54. The fourth-order valence-electron chi connectivity index (χ4n) is 2.37. The van der Waals surface area contributed by atoms with Crippen molar-refractivity contribution in [2.24, 2.45) is 5.92 Å². The summed E-state index contributed by atoms with van der Waals surface area (Å²) in [5.41, 5.74) is 0.459. The standard InChI is InChI=1S/C15H23N5O/c1-10(2)8-17-14-11(7-16)9-18-15(20-14)19-12-3-5-13(21)6-4-12/h9-10,12-13,21H,3-6,8H2,1-2H3,(H2,17,18,19,20)/t12-,13-. The Labute approximate surface area is 125 Å². The Morgan fingerprint density at radius 2 is 2.10 bits per heavy atom. The van der Waals surface area contributed by atoms with E-state index in [1.165, 1.54) is 0 Å². The van der Waals surface area contributed by atoms with Gasteiger partial charge in [-0.25, -0.2) is 4.98 Å². The first-order chi connectivity index (χ1) is 10.1. The molecule has 1 aliphatic carbocycles. The van der Waals surface area contributed by atoms with E-state index in [9.17, 15) is 5.11 Å². The van der Waals surface area contributed by atoms with Crippen molar-refractivity contribution in [3.05, 3.63) is 11.8 Å². The van der Waals surface area contributed by atoms with Crippen molar-refractivity contribution in [1.29, 1.82) is 5.26 Å². The molecule has 21 heavy (non-hydrogen) atoms. The van der Waals surface area contributed by atoms with Gasteiger partial charge < -0.3 is 15.7 Å². The highest BCUT2D eigenvalue weighted by atomic mass is 16.3. The molecule has 0 atom stereocenters. The van der Waals surface area contributed by atoms with E-state index in [0.29, 0.717) is 29.3 Å². The number of aliphatic hydroxyl groups is 1. The van der Waals surface area contributed by atoms with Gasteiger partial charge in [-0.2, -0.15) is 10.2 Å². The summed E-state index contributed by atoms with van der Waals surface area (Å²) < 4.78 is 0. The summed E-state index contributed by atoms with van der Waals surface area (Å²) in [7, 11) is 0. The molecule has 1 aromatic heterocycles. The van der Waals surface area contributed by atoms with E-state index in [2.05, 4.69) is 40.5 Å². The van der Waals surface area contributed by atoms with E-state index in [4.69, 9.17) is 5.26 Å². The highest BCUT2D eigenvalue weighted by Gasteiger charge is 2.20. The molecule has 1 saturated carbocycles. The summed E-state index contributed by atoms with van der Waals surface area (Å²) in [5.74, 6) is 1.60. The van der Waals surface area contributed by atoms with Crippen LogP contribution in [-0.2, 0) is 0 Å². The average molecular weight is 289 g/mol. The van der Waals surface area contributed by atoms with Gasteiger partial charge >= 0.3 is 0 Å². The molecule has 2 rings (SSSR count). The van der Waals surface area contributed by atoms with Crippen LogP contribution in [0.5, 0.6) is 0 Å². The molecule has 0 saturated heterocycles. The molecule has 0 aromatic carbocycles. The molecule has 3 N–H and O–H groups in total. The minimum atomic E-state index is -0.173. The van der Waals surface area contributed by atoms with Crippen LogP contribution in [0, 0.1) is 17.2 Å². The smallest absolute Gasteiger partial charge is 0.224 e. The van der Waals surface area contributed by atoms with Crippen molar-refractivity contribution in [3.63, 3.8) is 0 Å². The minimum Gasteiger partial charge on any atom is -0.393 e. The van der Waals surface area contributed by atoms with Gasteiger partial charge in [0.1, 0.15) is 17.5 Å². The topological polar surface area (TPSA) is 93.9 Å². The molecule has 1 fully saturated rings. The lowest BCUT2D eigenvalue weighted by molar-refractivity contribution is 0.126. The first kappa shape index (κ1) is 15.5. The maximum Gasteiger partial charge on any atom is 0.224 e. The second-order valence-corrected chi connectivity index (χ2v) is 5.99. The van der Waals surface area contributed by atoms with Gasteiger partial charge in [-0.3, -0.25) is 0 Å². The third kappa shape index (κ3) is 4.57. The Morgan fingerprint density at radius 1 is 1.38 bits per heavy atom. The van der Waals surface area contributed by atoms with Crippen LogP contribution < -0.4 is 10.6 Å². The number of rotatable bonds is 5. The first-order valence-corrected chi connectivity index (χ1v) is 7.54. The van der Waals surface area contributed by atoms with Crippen LogP contribution in [0.1, 0.15) is 45.1 Å². The zero-order valence-electron chi connectivity index (χ0n) is 12.6. The molecule has 6 heteroatoms. The van der Waals surface area contributed by atoms with Crippen LogP contribution in [-0.4, -0.2) is 33.8 Å². The maximum absolute atomic E-state index is 9.52. The summed E-state index contributed by atoms with van der Waals surface area (Å²) in [5, 5.41) is 25.1. The summed E-state index contributed by atoms with van der Waals surface area (Å²) in [6.45, 7) is 4.97. The Balaban J connectivity index is 2.03. The monoisotopic (exact) mass is 289 g/mol. The molecule has 6 nitrogen and oxygen atoms in total. The normalized spacial score (nSPS) is 21.9. The van der Waals surface area contributed by atoms with Crippen molar-refractivity contribution in [1.82, 2.24) is 9.97 Å². The van der Waals surface area contributed by atoms with Gasteiger partial charge in [-0.05, 0) is 31.6 Å². The van der Waals surface area contributed by atoms with Gasteiger partial charge in [0, 0.05) is 12.6 Å². The highest BCUT2D eigenvalue weighted by molar-refractivity contribution is 5.53. The third-order valence-electron chi connectivity index (χ3n) is 3.62. The number of aliphatic hydroxyl groups excluding tert-OH is 1. The zero-order valence-corrected chi connectivity index (χ0v) is 12.6. The molecule has 0 aliphatic heterocycles. The lowest BCUT2D eigenvalue weighted by Crippen LogP contribution is -2.29. The van der Waals surface area contributed by atoms with Crippen molar-refractivity contribution >= 4 is 11.8 Å². The summed E-state index contributed by atoms with van der Waals surface area (Å²) in [6, 6.07) is 2.40. The Morgan fingerprint density at radius 3 is 2.71 bits per heavy atom. The van der Waals surface area contributed by atoms with Crippen LogP contribution in [0.2, 0.25) is 0 Å². The van der Waals surface area contributed by atoms with Gasteiger partial charge in [0.25, 0.3) is 0 Å². The van der Waals surface area contributed by atoms with Gasteiger partial charge in [0.15, 0.2) is 0 Å². The maximum atomic E-state index is 9.52. The van der Waals surface area contributed by atoms with Crippen molar-refractivity contribution in [2.45, 2.75) is 51.7 Å². The molecule has 0 unspecified atom stereocenters. The van der Waals surface area contributed by atoms with Gasteiger partial charge in [-0.15, -0.1) is 0 Å². The Bertz CT molecular complexity index is 503. The summed E-state index contributed by atoms with van der Waals surface area (Å²) >= 11 is 0. The summed E-state index contributed by atoms with van der Waals surface area (Å²) in [6.07, 6.45) is 4.83. The average Bonchev–Trinajstić information content (AvgIpc) is 2.47. The van der Waals surface area contributed by atoms with Crippen LogP contribution >= 0.6 is 0 Å². The molecule has 1 aromatic rings.